The molecule has 0 atom stereocenters. The molecule has 5 rings (SSSR count). The molecule has 0 unspecified atom stereocenters. The molecule has 5 aromatic rings. The number of hydrogen-bond donors (Lipinski definition) is 0. The summed E-state index contributed by atoms with van der Waals surface area (Å²) >= 11 is 0. The van der Waals surface area contributed by atoms with Gasteiger partial charge in [-0.1, -0.05) is 115 Å². The van der Waals surface area contributed by atoms with E-state index in [9.17, 15) is 0 Å². The van der Waals surface area contributed by atoms with Gasteiger partial charge in [-0.15, -0.1) is 0 Å². The molecule has 0 bridgehead atoms. The molecular formula is C28H20. The highest BCUT2D eigenvalue weighted by Crippen LogP contribution is 2.38. The molecule has 5 aromatic carbocycles. The van der Waals surface area contributed by atoms with Crippen molar-refractivity contribution in [1.82, 2.24) is 0 Å². The van der Waals surface area contributed by atoms with E-state index in [0.29, 0.717) is 0 Å². The number of hydrogen-bond acceptors (Lipinski definition) is 0. The highest BCUT2D eigenvalue weighted by atomic mass is 14.1. The van der Waals surface area contributed by atoms with Crippen molar-refractivity contribution in [3.05, 3.63) is 120 Å². The average Bonchev–Trinajstić information content (AvgIpc) is 2.77. The van der Waals surface area contributed by atoms with Crippen molar-refractivity contribution >= 4 is 33.7 Å². The molecule has 0 amide bonds. The summed E-state index contributed by atoms with van der Waals surface area (Å²) in [6.45, 7) is 0. The summed E-state index contributed by atoms with van der Waals surface area (Å²) in [4.78, 5) is 0. The van der Waals surface area contributed by atoms with Crippen LogP contribution in [-0.4, -0.2) is 0 Å². The van der Waals surface area contributed by atoms with E-state index in [2.05, 4.69) is 115 Å². The third kappa shape index (κ3) is 3.00. The van der Waals surface area contributed by atoms with Crippen molar-refractivity contribution in [3.8, 4) is 11.1 Å². The van der Waals surface area contributed by atoms with Crippen molar-refractivity contribution in [2.24, 2.45) is 0 Å². The maximum atomic E-state index is 2.29. The Kier molecular flexibility index (Phi) is 4.23. The van der Waals surface area contributed by atoms with E-state index >= 15 is 0 Å². The van der Waals surface area contributed by atoms with E-state index in [1.807, 2.05) is 6.07 Å². The van der Waals surface area contributed by atoms with Gasteiger partial charge in [0.05, 0.1) is 0 Å². The Labute approximate surface area is 165 Å². The summed E-state index contributed by atoms with van der Waals surface area (Å²) in [5.41, 5.74) is 5.01. The number of rotatable bonds is 3. The van der Waals surface area contributed by atoms with Gasteiger partial charge in [-0.25, -0.2) is 0 Å². The molecule has 0 saturated carbocycles. The van der Waals surface area contributed by atoms with Crippen LogP contribution in [0.25, 0.3) is 44.8 Å². The maximum Gasteiger partial charge on any atom is -0.00208 e. The summed E-state index contributed by atoms with van der Waals surface area (Å²) in [6, 6.07) is 38.8. The Bertz CT molecular complexity index is 1240. The van der Waals surface area contributed by atoms with Crippen LogP contribution in [0, 0.1) is 0 Å². The van der Waals surface area contributed by atoms with Gasteiger partial charge >= 0.3 is 0 Å². The van der Waals surface area contributed by atoms with Crippen LogP contribution in [-0.2, 0) is 0 Å². The van der Waals surface area contributed by atoms with Gasteiger partial charge in [0.15, 0.2) is 0 Å². The fourth-order valence-corrected chi connectivity index (χ4v) is 3.92. The number of fused-ring (bicyclic) bond motifs is 2. The van der Waals surface area contributed by atoms with E-state index in [4.69, 9.17) is 0 Å². The lowest BCUT2D eigenvalue weighted by Gasteiger charge is -2.14. The van der Waals surface area contributed by atoms with Gasteiger partial charge in [0.1, 0.15) is 0 Å². The molecule has 0 radical (unpaired) electrons. The zero-order valence-corrected chi connectivity index (χ0v) is 15.5. The standard InChI is InChI=1S/C28H20/c1-2-10-21(11-3-1)18-19-22-12-4-7-15-25(22)28-26-16-8-5-13-23(26)20-24-14-6-9-17-27(24)28/h1-20H. The Morgan fingerprint density at radius 2 is 1.04 bits per heavy atom. The smallest absolute Gasteiger partial charge is 0.00208 e. The van der Waals surface area contributed by atoms with Crippen LogP contribution < -0.4 is 0 Å². The third-order valence-corrected chi connectivity index (χ3v) is 5.26. The lowest BCUT2D eigenvalue weighted by atomic mass is 9.89. The van der Waals surface area contributed by atoms with Gasteiger partial charge in [-0.2, -0.15) is 0 Å². The van der Waals surface area contributed by atoms with Crippen LogP contribution in [0.4, 0.5) is 0 Å². The lowest BCUT2D eigenvalue weighted by molar-refractivity contribution is 1.63. The van der Waals surface area contributed by atoms with Crippen LogP contribution in [0.2, 0.25) is 0 Å². The van der Waals surface area contributed by atoms with Gasteiger partial charge < -0.3 is 0 Å². The molecule has 28 heavy (non-hydrogen) atoms. The van der Waals surface area contributed by atoms with Gasteiger partial charge in [-0.3, -0.25) is 0 Å². The largest absolute Gasteiger partial charge is 0.0622 e. The molecule has 0 aliphatic rings. The molecule has 0 aliphatic carbocycles. The van der Waals surface area contributed by atoms with Crippen molar-refractivity contribution in [2.75, 3.05) is 0 Å². The predicted octanol–water partition coefficient (Wildman–Crippen LogP) is 7.83. The zero-order valence-electron chi connectivity index (χ0n) is 15.5. The minimum absolute atomic E-state index is 1.21. The van der Waals surface area contributed by atoms with Gasteiger partial charge in [0.2, 0.25) is 0 Å². The Morgan fingerprint density at radius 1 is 0.464 bits per heavy atom. The number of benzene rings is 5. The van der Waals surface area contributed by atoms with E-state index in [0.717, 1.165) is 0 Å². The van der Waals surface area contributed by atoms with E-state index in [1.165, 1.54) is 43.8 Å². The first-order chi connectivity index (χ1) is 13.9. The van der Waals surface area contributed by atoms with Crippen molar-refractivity contribution in [1.29, 1.82) is 0 Å². The van der Waals surface area contributed by atoms with Crippen LogP contribution >= 0.6 is 0 Å². The molecule has 132 valence electrons. The fraction of sp³-hybridized carbons (Fsp3) is 0. The third-order valence-electron chi connectivity index (χ3n) is 5.26. The van der Waals surface area contributed by atoms with Gasteiger partial charge in [0.25, 0.3) is 0 Å². The monoisotopic (exact) mass is 356 g/mol. The van der Waals surface area contributed by atoms with Gasteiger partial charge in [-0.05, 0) is 49.9 Å². The molecule has 0 heteroatoms. The molecule has 0 spiro atoms. The van der Waals surface area contributed by atoms with E-state index in [-0.39, 0.29) is 0 Å². The maximum absolute atomic E-state index is 2.29. The summed E-state index contributed by atoms with van der Waals surface area (Å²) < 4.78 is 0. The average molecular weight is 356 g/mol. The lowest BCUT2D eigenvalue weighted by Crippen LogP contribution is -1.88. The Balaban J connectivity index is 1.78. The minimum Gasteiger partial charge on any atom is -0.0622 e. The molecule has 0 saturated heterocycles. The van der Waals surface area contributed by atoms with Crippen molar-refractivity contribution < 1.29 is 0 Å². The first-order valence-corrected chi connectivity index (χ1v) is 9.63. The van der Waals surface area contributed by atoms with Crippen LogP contribution in [0.15, 0.2) is 109 Å². The van der Waals surface area contributed by atoms with Crippen LogP contribution in [0.5, 0.6) is 0 Å². The second-order valence-electron chi connectivity index (χ2n) is 7.03. The molecule has 0 heterocycles. The second-order valence-corrected chi connectivity index (χ2v) is 7.03. The molecule has 0 nitrogen and oxygen atoms in total. The van der Waals surface area contributed by atoms with Gasteiger partial charge in [0, 0.05) is 0 Å². The first-order valence-electron chi connectivity index (χ1n) is 9.63. The highest BCUT2D eigenvalue weighted by molar-refractivity contribution is 6.13. The highest BCUT2D eigenvalue weighted by Gasteiger charge is 2.11. The summed E-state index contributed by atoms with van der Waals surface area (Å²) in [7, 11) is 0. The summed E-state index contributed by atoms with van der Waals surface area (Å²) in [6.07, 6.45) is 4.41. The Morgan fingerprint density at radius 3 is 1.75 bits per heavy atom. The molecule has 0 fully saturated rings. The predicted molar refractivity (Wildman–Crippen MR) is 122 cm³/mol. The van der Waals surface area contributed by atoms with E-state index in [1.54, 1.807) is 0 Å². The van der Waals surface area contributed by atoms with Crippen molar-refractivity contribution in [3.63, 3.8) is 0 Å². The second kappa shape index (κ2) is 7.17. The van der Waals surface area contributed by atoms with E-state index < -0.39 is 0 Å². The normalized spacial score (nSPS) is 11.4. The summed E-state index contributed by atoms with van der Waals surface area (Å²) in [5, 5.41) is 5.14. The minimum atomic E-state index is 1.21. The van der Waals surface area contributed by atoms with Crippen LogP contribution in [0.3, 0.4) is 0 Å². The molecule has 0 aromatic heterocycles. The topological polar surface area (TPSA) is 0 Å². The zero-order chi connectivity index (χ0) is 18.8. The quantitative estimate of drug-likeness (QED) is 0.228. The molecule has 0 aliphatic heterocycles. The van der Waals surface area contributed by atoms with Crippen molar-refractivity contribution in [2.45, 2.75) is 0 Å². The van der Waals surface area contributed by atoms with Crippen LogP contribution in [0.1, 0.15) is 11.1 Å². The summed E-state index contributed by atoms with van der Waals surface area (Å²) in [5.74, 6) is 0. The molecule has 0 N–H and O–H groups in total. The first kappa shape index (κ1) is 16.5. The SMILES string of the molecule is C(=Cc1ccccc1-c1c2ccccc2cc2ccccc12)c1ccccc1. The fourth-order valence-electron chi connectivity index (χ4n) is 3.92. The molecular weight excluding hydrogens is 336 g/mol. The Hall–Kier alpha value is -3.64.